The Bertz CT molecular complexity index is 701. The summed E-state index contributed by atoms with van der Waals surface area (Å²) in [6, 6.07) is 14.3. The van der Waals surface area contributed by atoms with Gasteiger partial charge in [0.2, 0.25) is 0 Å². The van der Waals surface area contributed by atoms with E-state index in [1.54, 1.807) is 0 Å². The Morgan fingerprint density at radius 2 is 2.00 bits per heavy atom. The quantitative estimate of drug-likeness (QED) is 0.716. The molecule has 0 aliphatic carbocycles. The second kappa shape index (κ2) is 5.37. The Balaban J connectivity index is 1.97. The number of hydrogen-bond acceptors (Lipinski definition) is 2. The maximum atomic E-state index is 5.86. The predicted molar refractivity (Wildman–Crippen MR) is 81.0 cm³/mol. The van der Waals surface area contributed by atoms with E-state index in [4.69, 9.17) is 4.74 Å². The minimum absolute atomic E-state index is 0.180. The molecule has 0 N–H and O–H groups in total. The highest BCUT2D eigenvalue weighted by molar-refractivity contribution is 5.86. The number of benzene rings is 1. The van der Waals surface area contributed by atoms with Crippen molar-refractivity contribution in [1.82, 2.24) is 9.55 Å². The summed E-state index contributed by atoms with van der Waals surface area (Å²) < 4.78 is 8.06. The lowest BCUT2D eigenvalue weighted by Crippen LogP contribution is -2.05. The van der Waals surface area contributed by atoms with Gasteiger partial charge >= 0.3 is 0 Å². The van der Waals surface area contributed by atoms with Crippen LogP contribution in [-0.2, 0) is 6.54 Å². The molecule has 0 bridgehead atoms. The summed E-state index contributed by atoms with van der Waals surface area (Å²) in [4.78, 5) is 4.38. The minimum Gasteiger partial charge on any atom is -0.490 e. The molecule has 0 saturated carbocycles. The van der Waals surface area contributed by atoms with Crippen LogP contribution in [0.2, 0.25) is 0 Å². The molecule has 1 aromatic carbocycles. The monoisotopic (exact) mass is 266 g/mol. The number of fused-ring (bicyclic) bond motifs is 1. The highest BCUT2D eigenvalue weighted by Crippen LogP contribution is 2.27. The number of hydrogen-bond donors (Lipinski definition) is 0. The lowest BCUT2D eigenvalue weighted by Gasteiger charge is -2.11. The molecular formula is C17H18N2O. The zero-order valence-corrected chi connectivity index (χ0v) is 11.8. The third-order valence-corrected chi connectivity index (χ3v) is 3.19. The first-order valence-corrected chi connectivity index (χ1v) is 6.88. The Morgan fingerprint density at radius 1 is 1.10 bits per heavy atom. The smallest absolute Gasteiger partial charge is 0.129 e. The van der Waals surface area contributed by atoms with Gasteiger partial charge in [-0.25, -0.2) is 0 Å². The fourth-order valence-corrected chi connectivity index (χ4v) is 2.36. The SMILES string of the molecule is CC(C)Oc1cccc2c1ccn2Cc1ccccn1. The van der Waals surface area contributed by atoms with Crippen molar-refractivity contribution >= 4 is 10.9 Å². The van der Waals surface area contributed by atoms with Crippen LogP contribution < -0.4 is 4.74 Å². The maximum Gasteiger partial charge on any atom is 0.129 e. The van der Waals surface area contributed by atoms with Crippen LogP contribution in [0.15, 0.2) is 54.9 Å². The predicted octanol–water partition coefficient (Wildman–Crippen LogP) is 3.87. The van der Waals surface area contributed by atoms with E-state index < -0.39 is 0 Å². The summed E-state index contributed by atoms with van der Waals surface area (Å²) in [6.07, 6.45) is 4.10. The van der Waals surface area contributed by atoms with Crippen molar-refractivity contribution in [1.29, 1.82) is 0 Å². The van der Waals surface area contributed by atoms with Gasteiger partial charge in [-0.1, -0.05) is 12.1 Å². The van der Waals surface area contributed by atoms with Gasteiger partial charge in [-0.05, 0) is 44.2 Å². The van der Waals surface area contributed by atoms with E-state index in [1.165, 1.54) is 5.52 Å². The molecule has 0 aliphatic rings. The van der Waals surface area contributed by atoms with Crippen molar-refractivity contribution < 1.29 is 4.74 Å². The number of aromatic nitrogens is 2. The van der Waals surface area contributed by atoms with Crippen molar-refractivity contribution in [2.75, 3.05) is 0 Å². The number of pyridine rings is 1. The molecule has 2 aromatic heterocycles. The first kappa shape index (κ1) is 12.7. The molecule has 0 fully saturated rings. The molecule has 3 rings (SSSR count). The van der Waals surface area contributed by atoms with E-state index >= 15 is 0 Å². The fourth-order valence-electron chi connectivity index (χ4n) is 2.36. The van der Waals surface area contributed by atoms with Gasteiger partial charge in [0, 0.05) is 17.8 Å². The lowest BCUT2D eigenvalue weighted by atomic mass is 10.2. The summed E-state index contributed by atoms with van der Waals surface area (Å²) in [5.74, 6) is 0.942. The molecule has 0 radical (unpaired) electrons. The van der Waals surface area contributed by atoms with Crippen molar-refractivity contribution in [2.45, 2.75) is 26.5 Å². The van der Waals surface area contributed by atoms with Crippen molar-refractivity contribution in [3.8, 4) is 5.75 Å². The van der Waals surface area contributed by atoms with Gasteiger partial charge in [0.05, 0.1) is 23.9 Å². The molecule has 0 atom stereocenters. The molecule has 2 heterocycles. The van der Waals surface area contributed by atoms with Gasteiger partial charge in [-0.2, -0.15) is 0 Å². The van der Waals surface area contributed by atoms with Gasteiger partial charge in [0.1, 0.15) is 5.75 Å². The first-order chi connectivity index (χ1) is 9.74. The number of ether oxygens (including phenoxy) is 1. The Morgan fingerprint density at radius 3 is 2.75 bits per heavy atom. The molecule has 3 heteroatoms. The van der Waals surface area contributed by atoms with E-state index in [2.05, 4.69) is 27.9 Å². The molecule has 0 unspecified atom stereocenters. The second-order valence-electron chi connectivity index (χ2n) is 5.12. The van der Waals surface area contributed by atoms with Gasteiger partial charge < -0.3 is 9.30 Å². The Labute approximate surface area is 118 Å². The van der Waals surface area contributed by atoms with E-state index in [0.29, 0.717) is 0 Å². The molecule has 0 amide bonds. The van der Waals surface area contributed by atoms with Crippen LogP contribution in [0.4, 0.5) is 0 Å². The molecule has 20 heavy (non-hydrogen) atoms. The van der Waals surface area contributed by atoms with Gasteiger partial charge in [0.25, 0.3) is 0 Å². The Kier molecular flexibility index (Phi) is 3.42. The molecule has 3 aromatic rings. The van der Waals surface area contributed by atoms with E-state index in [0.717, 1.165) is 23.4 Å². The second-order valence-corrected chi connectivity index (χ2v) is 5.12. The van der Waals surface area contributed by atoms with E-state index in [-0.39, 0.29) is 6.10 Å². The summed E-state index contributed by atoms with van der Waals surface area (Å²) in [6.45, 7) is 4.86. The van der Waals surface area contributed by atoms with Crippen LogP contribution in [-0.4, -0.2) is 15.7 Å². The zero-order valence-electron chi connectivity index (χ0n) is 11.8. The van der Waals surface area contributed by atoms with Crippen LogP contribution in [0.1, 0.15) is 19.5 Å². The van der Waals surface area contributed by atoms with E-state index in [1.807, 2.05) is 50.4 Å². The van der Waals surface area contributed by atoms with Crippen LogP contribution in [0, 0.1) is 0 Å². The van der Waals surface area contributed by atoms with Crippen molar-refractivity contribution in [3.63, 3.8) is 0 Å². The zero-order chi connectivity index (χ0) is 13.9. The van der Waals surface area contributed by atoms with Crippen molar-refractivity contribution in [2.24, 2.45) is 0 Å². The van der Waals surface area contributed by atoms with Crippen LogP contribution in [0.25, 0.3) is 10.9 Å². The topological polar surface area (TPSA) is 27.1 Å². The third-order valence-electron chi connectivity index (χ3n) is 3.19. The number of rotatable bonds is 4. The van der Waals surface area contributed by atoms with Crippen molar-refractivity contribution in [3.05, 3.63) is 60.6 Å². The summed E-state index contributed by atoms with van der Waals surface area (Å²) in [5, 5.41) is 1.15. The highest BCUT2D eigenvalue weighted by atomic mass is 16.5. The normalized spacial score (nSPS) is 11.2. The molecule has 0 aliphatic heterocycles. The van der Waals surface area contributed by atoms with Gasteiger partial charge in [-0.15, -0.1) is 0 Å². The third kappa shape index (κ3) is 2.52. The molecule has 0 saturated heterocycles. The average molecular weight is 266 g/mol. The number of nitrogens with zero attached hydrogens (tertiary/aromatic N) is 2. The molecule has 102 valence electrons. The molecule has 0 spiro atoms. The summed E-state index contributed by atoms with van der Waals surface area (Å²) in [5.41, 5.74) is 2.23. The lowest BCUT2D eigenvalue weighted by molar-refractivity contribution is 0.245. The maximum absolute atomic E-state index is 5.86. The van der Waals surface area contributed by atoms with Crippen LogP contribution in [0.5, 0.6) is 5.75 Å². The van der Waals surface area contributed by atoms with E-state index in [9.17, 15) is 0 Å². The highest BCUT2D eigenvalue weighted by Gasteiger charge is 2.08. The standard InChI is InChI=1S/C17H18N2O/c1-13(2)20-17-8-5-7-16-15(17)9-11-19(16)12-14-6-3-4-10-18-14/h3-11,13H,12H2,1-2H3. The average Bonchev–Trinajstić information content (AvgIpc) is 2.84. The van der Waals surface area contributed by atoms with Crippen LogP contribution in [0.3, 0.4) is 0 Å². The minimum atomic E-state index is 0.180. The first-order valence-electron chi connectivity index (χ1n) is 6.88. The fraction of sp³-hybridized carbons (Fsp3) is 0.235. The van der Waals surface area contributed by atoms with Gasteiger partial charge in [0.15, 0.2) is 0 Å². The largest absolute Gasteiger partial charge is 0.490 e. The Hall–Kier alpha value is -2.29. The molecule has 3 nitrogen and oxygen atoms in total. The van der Waals surface area contributed by atoms with Crippen LogP contribution >= 0.6 is 0 Å². The summed E-state index contributed by atoms with van der Waals surface area (Å²) in [7, 11) is 0. The molecular weight excluding hydrogens is 248 g/mol. The van der Waals surface area contributed by atoms with Gasteiger partial charge in [-0.3, -0.25) is 4.98 Å². The summed E-state index contributed by atoms with van der Waals surface area (Å²) >= 11 is 0.